The summed E-state index contributed by atoms with van der Waals surface area (Å²) in [5, 5.41) is 13.6. The molecule has 0 aliphatic heterocycles. The van der Waals surface area contributed by atoms with Crippen molar-refractivity contribution < 1.29 is 9.11 Å². The summed E-state index contributed by atoms with van der Waals surface area (Å²) >= 11 is 1.17. The molecule has 0 aliphatic rings. The summed E-state index contributed by atoms with van der Waals surface area (Å²) in [4.78, 5) is 14.3. The molecule has 0 saturated carbocycles. The molecule has 0 aromatic carbocycles. The fourth-order valence-corrected chi connectivity index (χ4v) is 1.45. The van der Waals surface area contributed by atoms with Crippen LogP contribution in [0, 0.1) is 10.1 Å². The SMILES string of the molecule is C=CCSOc1ccc([N+](=O)[O-])c(NCC)n1. The Hall–Kier alpha value is -1.76. The van der Waals surface area contributed by atoms with E-state index in [0.29, 0.717) is 18.2 Å². The molecule has 1 rings (SSSR count). The smallest absolute Gasteiger partial charge is 0.311 e. The standard InChI is InChI=1S/C10H13N3O3S/c1-3-7-17-16-9-6-5-8(13(14)15)10(12-9)11-4-2/h3,5-6H,1,4,7H2,2H3,(H,11,12). The van der Waals surface area contributed by atoms with E-state index in [2.05, 4.69) is 16.9 Å². The molecule has 0 spiro atoms. The van der Waals surface area contributed by atoms with Gasteiger partial charge in [-0.2, -0.15) is 4.98 Å². The van der Waals surface area contributed by atoms with Crippen molar-refractivity contribution in [2.45, 2.75) is 6.92 Å². The van der Waals surface area contributed by atoms with E-state index in [1.54, 1.807) is 6.08 Å². The van der Waals surface area contributed by atoms with Crippen molar-refractivity contribution in [1.82, 2.24) is 4.98 Å². The highest BCUT2D eigenvalue weighted by Crippen LogP contribution is 2.26. The lowest BCUT2D eigenvalue weighted by Gasteiger charge is -2.06. The third kappa shape index (κ3) is 3.95. The van der Waals surface area contributed by atoms with Crippen LogP contribution in [0.1, 0.15) is 6.92 Å². The van der Waals surface area contributed by atoms with Gasteiger partial charge in [-0.15, -0.1) is 6.58 Å². The molecule has 0 atom stereocenters. The van der Waals surface area contributed by atoms with Crippen LogP contribution in [0.4, 0.5) is 11.5 Å². The van der Waals surface area contributed by atoms with Crippen LogP contribution < -0.4 is 9.50 Å². The molecule has 6 nitrogen and oxygen atoms in total. The number of hydrogen-bond donors (Lipinski definition) is 1. The van der Waals surface area contributed by atoms with Crippen LogP contribution >= 0.6 is 12.0 Å². The number of pyridine rings is 1. The first-order chi connectivity index (χ1) is 8.19. The van der Waals surface area contributed by atoms with Gasteiger partial charge in [0.2, 0.25) is 11.7 Å². The molecule has 17 heavy (non-hydrogen) atoms. The van der Waals surface area contributed by atoms with Gasteiger partial charge in [-0.25, -0.2) is 0 Å². The number of nitro groups is 1. The minimum Gasteiger partial charge on any atom is -0.405 e. The van der Waals surface area contributed by atoms with Gasteiger partial charge in [-0.1, -0.05) is 6.08 Å². The third-order valence-electron chi connectivity index (χ3n) is 1.72. The van der Waals surface area contributed by atoms with Gasteiger partial charge in [0.1, 0.15) is 0 Å². The number of nitrogens with one attached hydrogen (secondary N) is 1. The van der Waals surface area contributed by atoms with E-state index in [9.17, 15) is 10.1 Å². The van der Waals surface area contributed by atoms with Crippen LogP contribution in [0.5, 0.6) is 5.88 Å². The Morgan fingerprint density at radius 2 is 2.47 bits per heavy atom. The largest absolute Gasteiger partial charge is 0.405 e. The van der Waals surface area contributed by atoms with Crippen LogP contribution in [-0.2, 0) is 0 Å². The molecule has 1 aromatic rings. The first-order valence-corrected chi connectivity index (χ1v) is 5.89. The second-order valence-electron chi connectivity index (χ2n) is 2.96. The maximum atomic E-state index is 10.7. The molecule has 1 heterocycles. The molecular weight excluding hydrogens is 242 g/mol. The lowest BCUT2D eigenvalue weighted by molar-refractivity contribution is -0.384. The predicted octanol–water partition coefficient (Wildman–Crippen LogP) is 2.63. The highest BCUT2D eigenvalue weighted by Gasteiger charge is 2.15. The van der Waals surface area contributed by atoms with E-state index in [1.807, 2.05) is 6.92 Å². The Balaban J connectivity index is 2.84. The van der Waals surface area contributed by atoms with E-state index in [4.69, 9.17) is 4.18 Å². The third-order valence-corrected chi connectivity index (χ3v) is 2.38. The van der Waals surface area contributed by atoms with Crippen LogP contribution in [0.15, 0.2) is 24.8 Å². The molecule has 7 heteroatoms. The molecular formula is C10H13N3O3S. The fourth-order valence-electron chi connectivity index (χ4n) is 1.07. The number of aromatic nitrogens is 1. The van der Waals surface area contributed by atoms with Crippen molar-refractivity contribution in [2.75, 3.05) is 17.6 Å². The van der Waals surface area contributed by atoms with Gasteiger partial charge in [0.25, 0.3) is 0 Å². The van der Waals surface area contributed by atoms with Gasteiger partial charge in [0.05, 0.1) is 17.0 Å². The Morgan fingerprint density at radius 3 is 3.06 bits per heavy atom. The molecule has 92 valence electrons. The summed E-state index contributed by atoms with van der Waals surface area (Å²) < 4.78 is 5.24. The first kappa shape index (κ1) is 13.3. The lowest BCUT2D eigenvalue weighted by Crippen LogP contribution is -2.04. The van der Waals surface area contributed by atoms with Gasteiger partial charge in [0, 0.05) is 24.4 Å². The summed E-state index contributed by atoms with van der Waals surface area (Å²) in [6, 6.07) is 2.84. The van der Waals surface area contributed by atoms with Gasteiger partial charge in [0.15, 0.2) is 0 Å². The van der Waals surface area contributed by atoms with Crippen LogP contribution in [0.2, 0.25) is 0 Å². The number of nitrogens with zero attached hydrogens (tertiary/aromatic N) is 2. The molecule has 0 bridgehead atoms. The molecule has 0 unspecified atom stereocenters. The van der Waals surface area contributed by atoms with Crippen molar-refractivity contribution in [3.05, 3.63) is 34.9 Å². The average molecular weight is 255 g/mol. The highest BCUT2D eigenvalue weighted by molar-refractivity contribution is 7.95. The Kier molecular flexibility index (Phi) is 5.28. The molecule has 0 amide bonds. The van der Waals surface area contributed by atoms with Crippen LogP contribution in [0.25, 0.3) is 0 Å². The van der Waals surface area contributed by atoms with Gasteiger partial charge in [-0.05, 0) is 6.92 Å². The lowest BCUT2D eigenvalue weighted by atomic mass is 10.4. The van der Waals surface area contributed by atoms with Crippen molar-refractivity contribution >= 4 is 23.5 Å². The zero-order valence-corrected chi connectivity index (χ0v) is 10.2. The molecule has 0 aliphatic carbocycles. The fraction of sp³-hybridized carbons (Fsp3) is 0.300. The van der Waals surface area contributed by atoms with E-state index in [1.165, 1.54) is 24.2 Å². The molecule has 1 N–H and O–H groups in total. The van der Waals surface area contributed by atoms with Gasteiger partial charge < -0.3 is 9.50 Å². The Bertz CT molecular complexity index is 412. The molecule has 0 fully saturated rings. The van der Waals surface area contributed by atoms with Crippen molar-refractivity contribution in [2.24, 2.45) is 0 Å². The van der Waals surface area contributed by atoms with E-state index >= 15 is 0 Å². The minimum absolute atomic E-state index is 0.0621. The molecule has 0 radical (unpaired) electrons. The van der Waals surface area contributed by atoms with Crippen molar-refractivity contribution in [3.8, 4) is 5.88 Å². The maximum Gasteiger partial charge on any atom is 0.311 e. The number of rotatable bonds is 7. The normalized spacial score (nSPS) is 9.71. The molecule has 0 saturated heterocycles. The second-order valence-corrected chi connectivity index (χ2v) is 3.70. The van der Waals surface area contributed by atoms with Crippen molar-refractivity contribution in [1.29, 1.82) is 0 Å². The molecule has 1 aromatic heterocycles. The Morgan fingerprint density at radius 1 is 1.71 bits per heavy atom. The van der Waals surface area contributed by atoms with E-state index in [-0.39, 0.29) is 11.5 Å². The zero-order valence-electron chi connectivity index (χ0n) is 9.38. The average Bonchev–Trinajstić information content (AvgIpc) is 2.30. The van der Waals surface area contributed by atoms with E-state index in [0.717, 1.165) is 0 Å². The van der Waals surface area contributed by atoms with Crippen molar-refractivity contribution in [3.63, 3.8) is 0 Å². The maximum absolute atomic E-state index is 10.7. The topological polar surface area (TPSA) is 77.3 Å². The number of anilines is 1. The predicted molar refractivity (Wildman–Crippen MR) is 68.3 cm³/mol. The summed E-state index contributed by atoms with van der Waals surface area (Å²) in [7, 11) is 0. The summed E-state index contributed by atoms with van der Waals surface area (Å²) in [5.74, 6) is 1.17. The van der Waals surface area contributed by atoms with Crippen LogP contribution in [-0.4, -0.2) is 22.2 Å². The quantitative estimate of drug-likeness (QED) is 0.265. The van der Waals surface area contributed by atoms with E-state index < -0.39 is 4.92 Å². The van der Waals surface area contributed by atoms with Crippen LogP contribution in [0.3, 0.4) is 0 Å². The summed E-state index contributed by atoms with van der Waals surface area (Å²) in [6.07, 6.45) is 1.70. The van der Waals surface area contributed by atoms with Gasteiger partial charge >= 0.3 is 5.69 Å². The highest BCUT2D eigenvalue weighted by atomic mass is 32.2. The first-order valence-electron chi connectivity index (χ1n) is 4.98. The van der Waals surface area contributed by atoms with Gasteiger partial charge in [-0.3, -0.25) is 10.1 Å². The monoisotopic (exact) mass is 255 g/mol. The minimum atomic E-state index is -0.480. The number of hydrogen-bond acceptors (Lipinski definition) is 6. The second kappa shape index (κ2) is 6.74. The summed E-state index contributed by atoms with van der Waals surface area (Å²) in [6.45, 7) is 5.94. The Labute approximate surface area is 103 Å². The zero-order chi connectivity index (χ0) is 12.7. The summed E-state index contributed by atoms with van der Waals surface area (Å²) in [5.41, 5.74) is -0.0621.